The molecule has 1 aromatic rings. The summed E-state index contributed by atoms with van der Waals surface area (Å²) >= 11 is 0. The number of hydrogen-bond acceptors (Lipinski definition) is 6. The Bertz CT molecular complexity index is 740. The molecule has 30 heavy (non-hydrogen) atoms. The summed E-state index contributed by atoms with van der Waals surface area (Å²) in [4.78, 5) is 14.6. The number of ether oxygens (including phenoxy) is 2. The molecule has 3 saturated heterocycles. The van der Waals surface area contributed by atoms with Gasteiger partial charge in [0.05, 0.1) is 42.1 Å². The maximum Gasteiger partial charge on any atom is 0.460 e. The van der Waals surface area contributed by atoms with E-state index in [0.717, 1.165) is 5.56 Å². The number of aliphatic hydroxyl groups is 1. The van der Waals surface area contributed by atoms with Crippen LogP contribution in [0.3, 0.4) is 0 Å². The summed E-state index contributed by atoms with van der Waals surface area (Å²) < 4.78 is 23.4. The predicted molar refractivity (Wildman–Crippen MR) is 112 cm³/mol. The lowest BCUT2D eigenvalue weighted by Gasteiger charge is -2.51. The van der Waals surface area contributed by atoms with Gasteiger partial charge in [-0.05, 0) is 46.1 Å². The van der Waals surface area contributed by atoms with Crippen molar-refractivity contribution in [2.45, 2.75) is 82.4 Å². The van der Waals surface area contributed by atoms with Crippen molar-refractivity contribution >= 4 is 13.2 Å². The fourth-order valence-electron chi connectivity index (χ4n) is 4.69. The molecule has 2 atom stereocenters. The van der Waals surface area contributed by atoms with Crippen molar-refractivity contribution in [3.63, 3.8) is 0 Å². The fourth-order valence-corrected chi connectivity index (χ4v) is 4.69. The van der Waals surface area contributed by atoms with Gasteiger partial charge >= 0.3 is 13.2 Å². The van der Waals surface area contributed by atoms with Gasteiger partial charge in [0, 0.05) is 6.32 Å². The molecule has 0 aromatic heterocycles. The molecule has 0 spiro atoms. The van der Waals surface area contributed by atoms with Gasteiger partial charge in [-0.1, -0.05) is 30.3 Å². The van der Waals surface area contributed by atoms with Crippen molar-refractivity contribution in [3.8, 4) is 0 Å². The van der Waals surface area contributed by atoms with Crippen molar-refractivity contribution in [2.75, 3.05) is 13.2 Å². The van der Waals surface area contributed by atoms with Gasteiger partial charge in [0.15, 0.2) is 0 Å². The van der Waals surface area contributed by atoms with Crippen molar-refractivity contribution in [1.29, 1.82) is 0 Å². The zero-order valence-corrected chi connectivity index (χ0v) is 18.3. The molecule has 7 nitrogen and oxygen atoms in total. The molecule has 3 fully saturated rings. The van der Waals surface area contributed by atoms with Crippen molar-refractivity contribution < 1.29 is 28.7 Å². The molecule has 0 radical (unpaired) electrons. The topological polar surface area (TPSA) is 77.5 Å². The van der Waals surface area contributed by atoms with Crippen LogP contribution < -0.4 is 0 Å². The van der Waals surface area contributed by atoms with Crippen LogP contribution in [0.25, 0.3) is 0 Å². The zero-order valence-electron chi connectivity index (χ0n) is 18.3. The van der Waals surface area contributed by atoms with Crippen molar-refractivity contribution in [3.05, 3.63) is 35.9 Å². The molecule has 0 saturated carbocycles. The first-order chi connectivity index (χ1) is 14.1. The van der Waals surface area contributed by atoms with Gasteiger partial charge in [0.25, 0.3) is 0 Å². The lowest BCUT2D eigenvalue weighted by atomic mass is 9.67. The SMILES string of the molecule is CC1(C)OB(CC2(O)CC3COCC(C2)N3C(=O)OCc2ccccc2)OC1(C)C. The lowest BCUT2D eigenvalue weighted by molar-refractivity contribution is -0.128. The van der Waals surface area contributed by atoms with Gasteiger partial charge in [-0.15, -0.1) is 0 Å². The predicted octanol–water partition coefficient (Wildman–Crippen LogP) is 3.01. The van der Waals surface area contributed by atoms with Crippen LogP contribution in [-0.2, 0) is 25.4 Å². The highest BCUT2D eigenvalue weighted by Crippen LogP contribution is 2.43. The second-order valence-electron chi connectivity index (χ2n) is 9.82. The highest BCUT2D eigenvalue weighted by Gasteiger charge is 2.56. The molecular formula is C22H32BNO6. The van der Waals surface area contributed by atoms with E-state index in [1.165, 1.54) is 0 Å². The molecule has 3 heterocycles. The van der Waals surface area contributed by atoms with Crippen molar-refractivity contribution in [1.82, 2.24) is 4.90 Å². The van der Waals surface area contributed by atoms with Crippen LogP contribution in [0, 0.1) is 0 Å². The number of carbonyl (C=O) groups excluding carboxylic acids is 1. The smallest absolute Gasteiger partial charge is 0.445 e. The highest BCUT2D eigenvalue weighted by atomic mass is 16.7. The van der Waals surface area contributed by atoms with Gasteiger partial charge < -0.3 is 23.9 Å². The fraction of sp³-hybridized carbons (Fsp3) is 0.682. The molecule has 164 valence electrons. The molecule has 3 aliphatic heterocycles. The number of fused-ring (bicyclic) bond motifs is 2. The van der Waals surface area contributed by atoms with E-state index in [1.807, 2.05) is 58.0 Å². The summed E-state index contributed by atoms with van der Waals surface area (Å²) in [6.07, 6.45) is 0.844. The van der Waals surface area contributed by atoms with Crippen LogP contribution in [0.5, 0.6) is 0 Å². The first kappa shape index (κ1) is 21.6. The Morgan fingerprint density at radius 2 is 1.67 bits per heavy atom. The minimum Gasteiger partial charge on any atom is -0.445 e. The Morgan fingerprint density at radius 1 is 1.10 bits per heavy atom. The Hall–Kier alpha value is -1.61. The number of morpholine rings is 1. The van der Waals surface area contributed by atoms with E-state index in [1.54, 1.807) is 4.90 Å². The van der Waals surface area contributed by atoms with E-state index in [9.17, 15) is 9.90 Å². The van der Waals surface area contributed by atoms with Gasteiger partial charge in [0.2, 0.25) is 0 Å². The van der Waals surface area contributed by atoms with Gasteiger partial charge in [-0.2, -0.15) is 0 Å². The van der Waals surface area contributed by atoms with Crippen molar-refractivity contribution in [2.24, 2.45) is 0 Å². The third-order valence-corrected chi connectivity index (χ3v) is 6.90. The Kier molecular flexibility index (Phi) is 5.64. The van der Waals surface area contributed by atoms with Gasteiger partial charge in [0.1, 0.15) is 6.61 Å². The van der Waals surface area contributed by atoms with Crippen LogP contribution in [0.4, 0.5) is 4.79 Å². The van der Waals surface area contributed by atoms with E-state index >= 15 is 0 Å². The number of piperidine rings is 1. The molecule has 4 rings (SSSR count). The number of hydrogen-bond donors (Lipinski definition) is 1. The minimum atomic E-state index is -0.976. The van der Waals surface area contributed by atoms with Crippen LogP contribution in [-0.4, -0.2) is 65.3 Å². The Balaban J connectivity index is 1.40. The van der Waals surface area contributed by atoms with E-state index in [-0.39, 0.29) is 24.8 Å². The molecule has 2 unspecified atom stereocenters. The zero-order chi connectivity index (χ0) is 21.6. The summed E-state index contributed by atoms with van der Waals surface area (Å²) in [6.45, 7) is 9.03. The van der Waals surface area contributed by atoms with Crippen LogP contribution in [0.1, 0.15) is 46.1 Å². The monoisotopic (exact) mass is 417 g/mol. The number of benzene rings is 1. The molecule has 1 amide bonds. The normalized spacial score (nSPS) is 32.2. The summed E-state index contributed by atoms with van der Waals surface area (Å²) in [7, 11) is -0.474. The summed E-state index contributed by atoms with van der Waals surface area (Å²) in [5.41, 5.74) is -0.901. The Morgan fingerprint density at radius 3 is 2.23 bits per heavy atom. The van der Waals surface area contributed by atoms with Crippen LogP contribution in [0.2, 0.25) is 6.32 Å². The molecule has 1 N–H and O–H groups in total. The molecule has 3 aliphatic rings. The van der Waals surface area contributed by atoms with Gasteiger partial charge in [-0.3, -0.25) is 4.90 Å². The number of carbonyl (C=O) groups is 1. The second kappa shape index (κ2) is 7.82. The highest BCUT2D eigenvalue weighted by molar-refractivity contribution is 6.45. The summed E-state index contributed by atoms with van der Waals surface area (Å²) in [6, 6.07) is 9.17. The van der Waals surface area contributed by atoms with E-state index in [2.05, 4.69) is 0 Å². The molecule has 2 bridgehead atoms. The number of amides is 1. The summed E-state index contributed by atoms with van der Waals surface area (Å²) in [5.74, 6) is 0. The molecule has 8 heteroatoms. The first-order valence-electron chi connectivity index (χ1n) is 10.7. The average Bonchev–Trinajstić information content (AvgIpc) is 2.85. The quantitative estimate of drug-likeness (QED) is 0.759. The van der Waals surface area contributed by atoms with E-state index in [4.69, 9.17) is 18.8 Å². The standard InChI is InChI=1S/C22H32BNO6/c1-20(2)21(3,4)30-23(29-20)15-22(26)10-17-13-27-14-18(11-22)24(17)19(25)28-12-16-8-6-5-7-9-16/h5-9,17-18,26H,10-15H2,1-4H3. The van der Waals surface area contributed by atoms with E-state index in [0.29, 0.717) is 32.4 Å². The first-order valence-corrected chi connectivity index (χ1v) is 10.7. The number of rotatable bonds is 4. The van der Waals surface area contributed by atoms with Crippen LogP contribution in [0.15, 0.2) is 30.3 Å². The average molecular weight is 417 g/mol. The molecular weight excluding hydrogens is 385 g/mol. The van der Waals surface area contributed by atoms with Gasteiger partial charge in [-0.25, -0.2) is 4.79 Å². The molecule has 0 aliphatic carbocycles. The second-order valence-corrected chi connectivity index (χ2v) is 9.82. The summed E-state index contributed by atoms with van der Waals surface area (Å²) in [5, 5.41) is 11.4. The third kappa shape index (κ3) is 4.24. The maximum atomic E-state index is 12.8. The Labute approximate surface area is 178 Å². The molecule has 1 aromatic carbocycles. The third-order valence-electron chi connectivity index (χ3n) is 6.90. The maximum absolute atomic E-state index is 12.8. The largest absolute Gasteiger partial charge is 0.460 e. The van der Waals surface area contributed by atoms with Crippen LogP contribution >= 0.6 is 0 Å². The van der Waals surface area contributed by atoms with E-state index < -0.39 is 23.9 Å². The lowest BCUT2D eigenvalue weighted by Crippen LogP contribution is -2.64. The minimum absolute atomic E-state index is 0.229. The number of nitrogens with zero attached hydrogens (tertiary/aromatic N) is 1.